The van der Waals surface area contributed by atoms with Crippen LogP contribution >= 0.6 is 0 Å². The van der Waals surface area contributed by atoms with Gasteiger partial charge in [0.1, 0.15) is 11.5 Å². The zero-order chi connectivity index (χ0) is 19.3. The largest absolute Gasteiger partial charge is 0.497 e. The molecule has 0 radical (unpaired) electrons. The van der Waals surface area contributed by atoms with Crippen molar-refractivity contribution in [2.24, 2.45) is 0 Å². The predicted octanol–water partition coefficient (Wildman–Crippen LogP) is 3.92. The number of hydrogen-bond donors (Lipinski definition) is 0. The summed E-state index contributed by atoms with van der Waals surface area (Å²) in [6, 6.07) is 13.5. The Hall–Kier alpha value is -3.08. The molecule has 0 aliphatic rings. The fourth-order valence-corrected chi connectivity index (χ4v) is 2.36. The summed E-state index contributed by atoms with van der Waals surface area (Å²) in [7, 11) is 3.09. The molecule has 0 unspecified atom stereocenters. The maximum absolute atomic E-state index is 12.7. The molecular formula is C21H22O5. The summed E-state index contributed by atoms with van der Waals surface area (Å²) in [5.41, 5.74) is -0.190. The van der Waals surface area contributed by atoms with Crippen LogP contribution in [0.15, 0.2) is 55.1 Å². The normalized spacial score (nSPS) is 10.8. The van der Waals surface area contributed by atoms with Crippen LogP contribution in [0.3, 0.4) is 0 Å². The van der Waals surface area contributed by atoms with E-state index in [9.17, 15) is 9.59 Å². The van der Waals surface area contributed by atoms with Gasteiger partial charge in [-0.15, -0.1) is 0 Å². The highest BCUT2D eigenvalue weighted by Crippen LogP contribution is 2.24. The van der Waals surface area contributed by atoms with E-state index in [1.807, 2.05) is 0 Å². The van der Waals surface area contributed by atoms with Crippen molar-refractivity contribution in [3.05, 3.63) is 66.2 Å². The molecule has 2 aromatic rings. The molecule has 2 aromatic carbocycles. The lowest BCUT2D eigenvalue weighted by atomic mass is 9.96. The molecule has 136 valence electrons. The lowest BCUT2D eigenvalue weighted by Crippen LogP contribution is -2.37. The quantitative estimate of drug-likeness (QED) is 0.428. The summed E-state index contributed by atoms with van der Waals surface area (Å²) in [4.78, 5) is 25.2. The second-order valence-corrected chi connectivity index (χ2v) is 6.17. The number of benzene rings is 2. The van der Waals surface area contributed by atoms with Crippen LogP contribution < -0.4 is 9.47 Å². The summed E-state index contributed by atoms with van der Waals surface area (Å²) in [6.45, 7) is 6.89. The van der Waals surface area contributed by atoms with Gasteiger partial charge in [0.2, 0.25) is 5.78 Å². The minimum Gasteiger partial charge on any atom is -0.497 e. The van der Waals surface area contributed by atoms with E-state index in [4.69, 9.17) is 14.2 Å². The molecule has 0 atom stereocenters. The minimum atomic E-state index is -1.34. The van der Waals surface area contributed by atoms with Crippen LogP contribution in [0.2, 0.25) is 0 Å². The van der Waals surface area contributed by atoms with Gasteiger partial charge in [-0.2, -0.15) is 0 Å². The Morgan fingerprint density at radius 3 is 2.08 bits per heavy atom. The highest BCUT2D eigenvalue weighted by molar-refractivity contribution is 6.17. The van der Waals surface area contributed by atoms with Crippen LogP contribution in [-0.2, 0) is 9.53 Å². The first kappa shape index (κ1) is 19.2. The van der Waals surface area contributed by atoms with Gasteiger partial charge in [-0.05, 0) is 55.8 Å². The average Bonchev–Trinajstić information content (AvgIpc) is 2.66. The van der Waals surface area contributed by atoms with E-state index >= 15 is 0 Å². The van der Waals surface area contributed by atoms with Gasteiger partial charge in [0.25, 0.3) is 0 Å². The van der Waals surface area contributed by atoms with Gasteiger partial charge in [0, 0.05) is 5.56 Å². The van der Waals surface area contributed by atoms with Crippen molar-refractivity contribution in [2.75, 3.05) is 14.2 Å². The van der Waals surface area contributed by atoms with Crippen molar-refractivity contribution in [1.29, 1.82) is 0 Å². The highest BCUT2D eigenvalue weighted by Gasteiger charge is 2.33. The van der Waals surface area contributed by atoms with Crippen molar-refractivity contribution in [1.82, 2.24) is 0 Å². The zero-order valence-corrected chi connectivity index (χ0v) is 15.4. The van der Waals surface area contributed by atoms with Crippen molar-refractivity contribution < 1.29 is 23.8 Å². The Labute approximate surface area is 153 Å². The fraction of sp³-hybridized carbons (Fsp3) is 0.238. The van der Waals surface area contributed by atoms with Gasteiger partial charge in [0.15, 0.2) is 5.60 Å². The maximum atomic E-state index is 12.7. The van der Waals surface area contributed by atoms with E-state index in [0.29, 0.717) is 22.6 Å². The Morgan fingerprint density at radius 2 is 1.50 bits per heavy atom. The van der Waals surface area contributed by atoms with Crippen molar-refractivity contribution in [3.63, 3.8) is 0 Å². The molecule has 5 nitrogen and oxygen atoms in total. The number of esters is 1. The third kappa shape index (κ3) is 4.30. The van der Waals surface area contributed by atoms with E-state index in [0.717, 1.165) is 0 Å². The van der Waals surface area contributed by atoms with E-state index < -0.39 is 11.6 Å². The van der Waals surface area contributed by atoms with Crippen LogP contribution in [0.1, 0.15) is 29.8 Å². The van der Waals surface area contributed by atoms with Crippen molar-refractivity contribution >= 4 is 17.3 Å². The number of rotatable bonds is 7. The van der Waals surface area contributed by atoms with Crippen LogP contribution in [0.5, 0.6) is 11.5 Å². The predicted molar refractivity (Wildman–Crippen MR) is 99.5 cm³/mol. The first-order valence-electron chi connectivity index (χ1n) is 8.04. The Balaban J connectivity index is 2.14. The Bertz CT molecular complexity index is 819. The molecule has 5 heteroatoms. The third-order valence-electron chi connectivity index (χ3n) is 3.91. The SMILES string of the molecule is C=C(C(=O)OC(C)(C)C(=O)c1ccc(OC)cc1)c1cccc(OC)c1. The van der Waals surface area contributed by atoms with E-state index in [1.165, 1.54) is 7.11 Å². The first-order valence-corrected chi connectivity index (χ1v) is 8.04. The first-order chi connectivity index (χ1) is 12.3. The number of ether oxygens (including phenoxy) is 3. The van der Waals surface area contributed by atoms with E-state index in [2.05, 4.69) is 6.58 Å². The zero-order valence-electron chi connectivity index (χ0n) is 15.4. The van der Waals surface area contributed by atoms with Crippen molar-refractivity contribution in [3.8, 4) is 11.5 Å². The van der Waals surface area contributed by atoms with Crippen LogP contribution in [-0.4, -0.2) is 31.6 Å². The van der Waals surface area contributed by atoms with E-state index in [-0.39, 0.29) is 11.4 Å². The number of ketones is 1. The molecule has 0 bridgehead atoms. The molecule has 0 fully saturated rings. The fourth-order valence-electron chi connectivity index (χ4n) is 2.36. The number of carbonyl (C=O) groups excluding carboxylic acids is 2. The summed E-state index contributed by atoms with van der Waals surface area (Å²) < 4.78 is 15.7. The Morgan fingerprint density at radius 1 is 0.885 bits per heavy atom. The molecule has 0 amide bonds. The van der Waals surface area contributed by atoms with Gasteiger partial charge in [-0.1, -0.05) is 18.7 Å². The summed E-state index contributed by atoms with van der Waals surface area (Å²) >= 11 is 0. The van der Waals surface area contributed by atoms with Gasteiger partial charge in [0.05, 0.1) is 19.8 Å². The molecule has 0 aliphatic carbocycles. The number of methoxy groups -OCH3 is 2. The molecular weight excluding hydrogens is 332 g/mol. The number of Topliss-reactive ketones (excluding diaryl/α,β-unsaturated/α-hetero) is 1. The summed E-state index contributed by atoms with van der Waals surface area (Å²) in [5.74, 6) is 0.268. The van der Waals surface area contributed by atoms with Gasteiger partial charge in [-0.25, -0.2) is 4.79 Å². The molecule has 0 heterocycles. The lowest BCUT2D eigenvalue weighted by molar-refractivity contribution is -0.145. The van der Waals surface area contributed by atoms with Gasteiger partial charge < -0.3 is 14.2 Å². The highest BCUT2D eigenvalue weighted by atomic mass is 16.6. The van der Waals surface area contributed by atoms with Crippen LogP contribution in [0, 0.1) is 0 Å². The average molecular weight is 354 g/mol. The maximum Gasteiger partial charge on any atom is 0.339 e. The molecule has 0 spiro atoms. The van der Waals surface area contributed by atoms with Gasteiger partial charge in [-0.3, -0.25) is 4.79 Å². The molecule has 2 rings (SSSR count). The van der Waals surface area contributed by atoms with Crippen LogP contribution in [0.4, 0.5) is 0 Å². The summed E-state index contributed by atoms with van der Waals surface area (Å²) in [5, 5.41) is 0. The monoisotopic (exact) mass is 354 g/mol. The van der Waals surface area contributed by atoms with Crippen molar-refractivity contribution in [2.45, 2.75) is 19.4 Å². The third-order valence-corrected chi connectivity index (χ3v) is 3.91. The topological polar surface area (TPSA) is 61.8 Å². The van der Waals surface area contributed by atoms with E-state index in [1.54, 1.807) is 69.5 Å². The molecule has 0 saturated carbocycles. The standard InChI is InChI=1S/C21H22O5/c1-14(16-7-6-8-18(13-16)25-5)20(23)26-21(2,3)19(22)15-9-11-17(24-4)12-10-15/h6-13H,1H2,2-5H3. The molecule has 0 aliphatic heterocycles. The molecule has 0 aromatic heterocycles. The molecule has 0 saturated heterocycles. The second-order valence-electron chi connectivity index (χ2n) is 6.17. The minimum absolute atomic E-state index is 0.152. The molecule has 26 heavy (non-hydrogen) atoms. The number of carbonyl (C=O) groups is 2. The second kappa shape index (κ2) is 7.87. The van der Waals surface area contributed by atoms with Gasteiger partial charge >= 0.3 is 5.97 Å². The Kier molecular flexibility index (Phi) is 5.82. The lowest BCUT2D eigenvalue weighted by Gasteiger charge is -2.24. The smallest absolute Gasteiger partial charge is 0.339 e. The van der Waals surface area contributed by atoms with Crippen LogP contribution in [0.25, 0.3) is 5.57 Å². The summed E-state index contributed by atoms with van der Waals surface area (Å²) in [6.07, 6.45) is 0. The number of hydrogen-bond acceptors (Lipinski definition) is 5. The molecule has 0 N–H and O–H groups in total.